The Hall–Kier alpha value is -2.64. The van der Waals surface area contributed by atoms with Crippen molar-refractivity contribution in [1.82, 2.24) is 10.2 Å². The van der Waals surface area contributed by atoms with Gasteiger partial charge in [0.25, 0.3) is 10.0 Å². The molecule has 0 spiro atoms. The van der Waals surface area contributed by atoms with Crippen LogP contribution in [0.1, 0.15) is 11.1 Å². The van der Waals surface area contributed by atoms with Crippen LogP contribution in [0.25, 0.3) is 0 Å². The molecule has 3 rings (SSSR count). The molecule has 2 N–H and O–H groups in total. The zero-order chi connectivity index (χ0) is 18.6. The molecule has 1 heterocycles. The van der Waals surface area contributed by atoms with E-state index in [1.165, 1.54) is 29.8 Å². The molecule has 26 heavy (non-hydrogen) atoms. The highest BCUT2D eigenvalue weighted by molar-refractivity contribution is 7.92. The summed E-state index contributed by atoms with van der Waals surface area (Å²) in [5.41, 5.74) is 2.31. The van der Waals surface area contributed by atoms with E-state index in [0.717, 1.165) is 5.56 Å². The normalized spacial score (nSPS) is 11.2. The standard InChI is InChI=1S/C18H17ClN4O2S/c1-13-3-2-4-14(11-13)12-20-17-9-10-18(22-21-17)23-26(24,25)16-7-5-15(19)6-8-16/h2-11H,12H2,1H3,(H,20,21)(H,22,23). The highest BCUT2D eigenvalue weighted by Gasteiger charge is 2.14. The van der Waals surface area contributed by atoms with Crippen LogP contribution in [0.2, 0.25) is 5.02 Å². The number of benzene rings is 2. The van der Waals surface area contributed by atoms with E-state index < -0.39 is 10.0 Å². The minimum absolute atomic E-state index is 0.102. The van der Waals surface area contributed by atoms with Crippen molar-refractivity contribution in [1.29, 1.82) is 0 Å². The van der Waals surface area contributed by atoms with Crippen LogP contribution in [0.3, 0.4) is 0 Å². The first-order chi connectivity index (χ1) is 12.4. The van der Waals surface area contributed by atoms with Crippen molar-refractivity contribution in [3.05, 3.63) is 76.8 Å². The smallest absolute Gasteiger partial charge is 0.263 e. The third kappa shape index (κ3) is 4.71. The number of nitrogens with one attached hydrogen (secondary N) is 2. The van der Waals surface area contributed by atoms with Crippen LogP contribution in [0.15, 0.2) is 65.6 Å². The summed E-state index contributed by atoms with van der Waals surface area (Å²) < 4.78 is 27.0. The van der Waals surface area contributed by atoms with Crippen LogP contribution in [0.5, 0.6) is 0 Å². The van der Waals surface area contributed by atoms with Gasteiger partial charge in [0.2, 0.25) is 0 Å². The van der Waals surface area contributed by atoms with E-state index in [2.05, 4.69) is 26.3 Å². The summed E-state index contributed by atoms with van der Waals surface area (Å²) in [6.45, 7) is 2.64. The van der Waals surface area contributed by atoms with Crippen LogP contribution in [-0.4, -0.2) is 18.6 Å². The molecule has 134 valence electrons. The average molecular weight is 389 g/mol. The zero-order valence-electron chi connectivity index (χ0n) is 14.0. The van der Waals surface area contributed by atoms with Gasteiger partial charge < -0.3 is 5.32 Å². The summed E-state index contributed by atoms with van der Waals surface area (Å²) in [5, 5.41) is 11.5. The number of aromatic nitrogens is 2. The lowest BCUT2D eigenvalue weighted by molar-refractivity contribution is 0.601. The fraction of sp³-hybridized carbons (Fsp3) is 0.111. The van der Waals surface area contributed by atoms with Crippen molar-refractivity contribution in [2.75, 3.05) is 10.0 Å². The van der Waals surface area contributed by atoms with Gasteiger partial charge in [-0.1, -0.05) is 41.4 Å². The monoisotopic (exact) mass is 388 g/mol. The number of nitrogens with zero attached hydrogens (tertiary/aromatic N) is 2. The highest BCUT2D eigenvalue weighted by Crippen LogP contribution is 2.17. The second-order valence-corrected chi connectivity index (χ2v) is 7.82. The Labute approximate surface area is 157 Å². The number of halogens is 1. The van der Waals surface area contributed by atoms with E-state index in [9.17, 15) is 8.42 Å². The number of aryl methyl sites for hydroxylation is 1. The SMILES string of the molecule is Cc1cccc(CNc2ccc(NS(=O)(=O)c3ccc(Cl)cc3)nn2)c1. The van der Waals surface area contributed by atoms with Gasteiger partial charge in [0.1, 0.15) is 5.82 Å². The molecule has 0 amide bonds. The molecule has 0 aliphatic rings. The Balaban J connectivity index is 1.64. The molecule has 0 unspecified atom stereocenters. The van der Waals surface area contributed by atoms with Crippen molar-refractivity contribution >= 4 is 33.3 Å². The van der Waals surface area contributed by atoms with E-state index in [4.69, 9.17) is 11.6 Å². The van der Waals surface area contributed by atoms with Gasteiger partial charge >= 0.3 is 0 Å². The molecule has 1 aromatic heterocycles. The van der Waals surface area contributed by atoms with Crippen molar-refractivity contribution in [3.8, 4) is 0 Å². The number of anilines is 2. The molecule has 0 radical (unpaired) electrons. The Morgan fingerprint density at radius 2 is 1.65 bits per heavy atom. The lowest BCUT2D eigenvalue weighted by Crippen LogP contribution is -2.14. The summed E-state index contributed by atoms with van der Waals surface area (Å²) in [7, 11) is -3.73. The fourth-order valence-corrected chi connectivity index (χ4v) is 3.43. The summed E-state index contributed by atoms with van der Waals surface area (Å²) >= 11 is 5.78. The Morgan fingerprint density at radius 1 is 0.962 bits per heavy atom. The number of rotatable bonds is 6. The van der Waals surface area contributed by atoms with Crippen molar-refractivity contribution in [2.24, 2.45) is 0 Å². The van der Waals surface area contributed by atoms with E-state index >= 15 is 0 Å². The summed E-state index contributed by atoms with van der Waals surface area (Å²) in [6.07, 6.45) is 0. The molecule has 6 nitrogen and oxygen atoms in total. The number of hydrogen-bond donors (Lipinski definition) is 2. The molecule has 0 atom stereocenters. The predicted molar refractivity (Wildman–Crippen MR) is 103 cm³/mol. The third-order valence-corrected chi connectivity index (χ3v) is 5.21. The first kappa shape index (κ1) is 18.2. The molecule has 3 aromatic rings. The molecular weight excluding hydrogens is 372 g/mol. The van der Waals surface area contributed by atoms with Gasteiger partial charge in [0.05, 0.1) is 4.90 Å². The van der Waals surface area contributed by atoms with Gasteiger partial charge in [-0.25, -0.2) is 8.42 Å². The second kappa shape index (κ2) is 7.72. The van der Waals surface area contributed by atoms with Gasteiger partial charge in [0.15, 0.2) is 5.82 Å². The van der Waals surface area contributed by atoms with Crippen LogP contribution in [0, 0.1) is 6.92 Å². The van der Waals surface area contributed by atoms with E-state index in [-0.39, 0.29) is 10.7 Å². The Morgan fingerprint density at radius 3 is 2.31 bits per heavy atom. The minimum Gasteiger partial charge on any atom is -0.365 e. The minimum atomic E-state index is -3.73. The lowest BCUT2D eigenvalue weighted by Gasteiger charge is -2.09. The summed E-state index contributed by atoms with van der Waals surface area (Å²) in [4.78, 5) is 0.102. The van der Waals surface area contributed by atoms with Crippen LogP contribution < -0.4 is 10.0 Å². The van der Waals surface area contributed by atoms with Crippen LogP contribution in [-0.2, 0) is 16.6 Å². The maximum absolute atomic E-state index is 12.3. The van der Waals surface area contributed by atoms with E-state index in [0.29, 0.717) is 17.4 Å². The molecule has 0 aliphatic carbocycles. The van der Waals surface area contributed by atoms with Crippen molar-refractivity contribution in [2.45, 2.75) is 18.4 Å². The third-order valence-electron chi connectivity index (χ3n) is 3.58. The van der Waals surface area contributed by atoms with Gasteiger partial charge in [-0.2, -0.15) is 0 Å². The van der Waals surface area contributed by atoms with Gasteiger partial charge in [-0.05, 0) is 48.9 Å². The number of hydrogen-bond acceptors (Lipinski definition) is 5. The maximum Gasteiger partial charge on any atom is 0.263 e. The van der Waals surface area contributed by atoms with Crippen LogP contribution in [0.4, 0.5) is 11.6 Å². The molecule has 0 saturated heterocycles. The second-order valence-electron chi connectivity index (χ2n) is 5.71. The van der Waals surface area contributed by atoms with Gasteiger partial charge in [-0.3, -0.25) is 4.72 Å². The molecular formula is C18H17ClN4O2S. The largest absolute Gasteiger partial charge is 0.365 e. The Bertz CT molecular complexity index is 990. The molecule has 0 bridgehead atoms. The van der Waals surface area contributed by atoms with Crippen molar-refractivity contribution in [3.63, 3.8) is 0 Å². The summed E-state index contributed by atoms with van der Waals surface area (Å²) in [5.74, 6) is 0.696. The molecule has 2 aromatic carbocycles. The average Bonchev–Trinajstić information content (AvgIpc) is 2.61. The zero-order valence-corrected chi connectivity index (χ0v) is 15.6. The van der Waals surface area contributed by atoms with E-state index in [1.807, 2.05) is 25.1 Å². The van der Waals surface area contributed by atoms with Crippen molar-refractivity contribution < 1.29 is 8.42 Å². The highest BCUT2D eigenvalue weighted by atomic mass is 35.5. The van der Waals surface area contributed by atoms with Crippen LogP contribution >= 0.6 is 11.6 Å². The number of sulfonamides is 1. The predicted octanol–water partition coefficient (Wildman–Crippen LogP) is 3.85. The fourth-order valence-electron chi connectivity index (χ4n) is 2.31. The summed E-state index contributed by atoms with van der Waals surface area (Å²) in [6, 6.07) is 17.2. The topological polar surface area (TPSA) is 84.0 Å². The molecule has 0 aliphatic heterocycles. The quantitative estimate of drug-likeness (QED) is 0.670. The lowest BCUT2D eigenvalue weighted by atomic mass is 10.1. The first-order valence-corrected chi connectivity index (χ1v) is 9.70. The molecule has 0 saturated carbocycles. The van der Waals surface area contributed by atoms with Gasteiger partial charge in [-0.15, -0.1) is 10.2 Å². The first-order valence-electron chi connectivity index (χ1n) is 7.84. The van der Waals surface area contributed by atoms with Gasteiger partial charge in [0, 0.05) is 11.6 Å². The molecule has 8 heteroatoms. The molecule has 0 fully saturated rings. The maximum atomic E-state index is 12.3. The van der Waals surface area contributed by atoms with E-state index in [1.54, 1.807) is 12.1 Å². The Kier molecular flexibility index (Phi) is 5.39.